The summed E-state index contributed by atoms with van der Waals surface area (Å²) in [5.41, 5.74) is 1.29. The first kappa shape index (κ1) is 15.7. The molecule has 0 aliphatic carbocycles. The molecule has 1 atom stereocenters. The summed E-state index contributed by atoms with van der Waals surface area (Å²) in [6.07, 6.45) is 5.96. The van der Waals surface area contributed by atoms with E-state index in [9.17, 15) is 4.79 Å². The van der Waals surface area contributed by atoms with Gasteiger partial charge in [0.2, 0.25) is 0 Å². The molecular formula is C17H26O2. The fourth-order valence-electron chi connectivity index (χ4n) is 2.07. The Morgan fingerprint density at radius 2 is 1.89 bits per heavy atom. The first-order valence-corrected chi connectivity index (χ1v) is 7.44. The topological polar surface area (TPSA) is 26.3 Å². The summed E-state index contributed by atoms with van der Waals surface area (Å²) in [7, 11) is 0. The highest BCUT2D eigenvalue weighted by Crippen LogP contribution is 2.20. The van der Waals surface area contributed by atoms with Crippen molar-refractivity contribution < 1.29 is 9.53 Å². The summed E-state index contributed by atoms with van der Waals surface area (Å²) in [5.74, 6) is 0.355. The van der Waals surface area contributed by atoms with Gasteiger partial charge in [0.1, 0.15) is 0 Å². The Labute approximate surface area is 117 Å². The van der Waals surface area contributed by atoms with Crippen molar-refractivity contribution in [3.63, 3.8) is 0 Å². The summed E-state index contributed by atoms with van der Waals surface area (Å²) in [6, 6.07) is 10.3. The summed E-state index contributed by atoms with van der Waals surface area (Å²) in [4.78, 5) is 11.6. The Kier molecular flexibility index (Phi) is 7.95. The van der Waals surface area contributed by atoms with Gasteiger partial charge >= 0.3 is 5.97 Å². The van der Waals surface area contributed by atoms with Crippen LogP contribution in [-0.4, -0.2) is 12.6 Å². The molecule has 1 unspecified atom stereocenters. The molecule has 0 fully saturated rings. The molecule has 0 aliphatic rings. The molecule has 1 aromatic rings. The molecular weight excluding hydrogens is 236 g/mol. The van der Waals surface area contributed by atoms with Crippen molar-refractivity contribution in [2.45, 2.75) is 58.3 Å². The van der Waals surface area contributed by atoms with E-state index < -0.39 is 0 Å². The van der Waals surface area contributed by atoms with Crippen LogP contribution < -0.4 is 0 Å². The molecule has 0 heterocycles. The summed E-state index contributed by atoms with van der Waals surface area (Å²) in [5, 5.41) is 0. The maximum atomic E-state index is 11.6. The molecule has 0 saturated carbocycles. The Bertz CT molecular complexity index is 346. The van der Waals surface area contributed by atoms with Crippen LogP contribution in [0.15, 0.2) is 30.3 Å². The second kappa shape index (κ2) is 9.60. The van der Waals surface area contributed by atoms with Crippen LogP contribution in [-0.2, 0) is 9.53 Å². The minimum absolute atomic E-state index is 0.0562. The number of rotatable bonds is 9. The lowest BCUT2D eigenvalue weighted by Crippen LogP contribution is -2.07. The van der Waals surface area contributed by atoms with E-state index in [4.69, 9.17) is 4.74 Å². The molecule has 1 rings (SSSR count). The smallest absolute Gasteiger partial charge is 0.305 e. The fraction of sp³-hybridized carbons (Fsp3) is 0.588. The van der Waals surface area contributed by atoms with E-state index in [0.717, 1.165) is 19.3 Å². The highest BCUT2D eigenvalue weighted by Gasteiger charge is 2.09. The largest absolute Gasteiger partial charge is 0.466 e. The van der Waals surface area contributed by atoms with Gasteiger partial charge in [0, 0.05) is 6.42 Å². The lowest BCUT2D eigenvalue weighted by molar-refractivity contribution is -0.143. The van der Waals surface area contributed by atoms with Crippen LogP contribution in [0.3, 0.4) is 0 Å². The van der Waals surface area contributed by atoms with Gasteiger partial charge in [0.25, 0.3) is 0 Å². The zero-order chi connectivity index (χ0) is 13.9. The van der Waals surface area contributed by atoms with E-state index in [-0.39, 0.29) is 5.97 Å². The molecule has 0 N–H and O–H groups in total. The van der Waals surface area contributed by atoms with Crippen molar-refractivity contribution >= 4 is 5.97 Å². The molecule has 2 nitrogen and oxygen atoms in total. The zero-order valence-electron chi connectivity index (χ0n) is 12.2. The molecule has 0 spiro atoms. The number of hydrogen-bond donors (Lipinski definition) is 0. The van der Waals surface area contributed by atoms with Gasteiger partial charge in [-0.15, -0.1) is 0 Å². The third-order valence-corrected chi connectivity index (χ3v) is 3.41. The summed E-state index contributed by atoms with van der Waals surface area (Å²) in [6.45, 7) is 4.92. The van der Waals surface area contributed by atoms with Gasteiger partial charge in [-0.25, -0.2) is 0 Å². The van der Waals surface area contributed by atoms with Crippen molar-refractivity contribution in [3.8, 4) is 0 Å². The first-order valence-electron chi connectivity index (χ1n) is 7.44. The molecule has 1 aromatic carbocycles. The fourth-order valence-corrected chi connectivity index (χ4v) is 2.07. The van der Waals surface area contributed by atoms with E-state index in [1.807, 2.05) is 18.2 Å². The lowest BCUT2D eigenvalue weighted by Gasteiger charge is -2.11. The highest BCUT2D eigenvalue weighted by molar-refractivity contribution is 5.69. The van der Waals surface area contributed by atoms with Crippen LogP contribution in [0.1, 0.15) is 63.9 Å². The van der Waals surface area contributed by atoms with Crippen LogP contribution in [0.5, 0.6) is 0 Å². The minimum Gasteiger partial charge on any atom is -0.466 e. The van der Waals surface area contributed by atoms with Gasteiger partial charge < -0.3 is 4.74 Å². The van der Waals surface area contributed by atoms with Crippen molar-refractivity contribution in [1.82, 2.24) is 0 Å². The molecule has 0 bridgehead atoms. The summed E-state index contributed by atoms with van der Waals surface area (Å²) >= 11 is 0. The second-order valence-corrected chi connectivity index (χ2v) is 5.13. The van der Waals surface area contributed by atoms with Gasteiger partial charge in [0.15, 0.2) is 0 Å². The number of esters is 1. The first-order chi connectivity index (χ1) is 9.24. The summed E-state index contributed by atoms with van der Waals surface area (Å²) < 4.78 is 5.24. The predicted octanol–water partition coefficient (Wildman–Crippen LogP) is 4.69. The quantitative estimate of drug-likeness (QED) is 0.476. The molecule has 2 heteroatoms. The van der Waals surface area contributed by atoms with Crippen LogP contribution in [0.4, 0.5) is 0 Å². The zero-order valence-corrected chi connectivity index (χ0v) is 12.2. The predicted molar refractivity (Wildman–Crippen MR) is 79.2 cm³/mol. The van der Waals surface area contributed by atoms with E-state index >= 15 is 0 Å². The number of ether oxygens (including phenoxy) is 1. The van der Waals surface area contributed by atoms with Gasteiger partial charge in [-0.1, -0.05) is 63.4 Å². The highest BCUT2D eigenvalue weighted by atomic mass is 16.5. The standard InChI is InChI=1S/C17H26O2/c1-3-4-5-9-14-19-17(18)13-12-15(2)16-10-7-6-8-11-16/h6-8,10-11,15H,3-5,9,12-14H2,1-2H3. The average Bonchev–Trinajstić information content (AvgIpc) is 2.45. The minimum atomic E-state index is -0.0562. The second-order valence-electron chi connectivity index (χ2n) is 5.13. The van der Waals surface area contributed by atoms with Crippen molar-refractivity contribution in [3.05, 3.63) is 35.9 Å². The molecule has 0 aromatic heterocycles. The third kappa shape index (κ3) is 7.00. The Balaban J connectivity index is 2.13. The molecule has 0 radical (unpaired) electrons. The third-order valence-electron chi connectivity index (χ3n) is 3.41. The molecule has 0 aliphatic heterocycles. The van der Waals surface area contributed by atoms with Gasteiger partial charge in [-0.2, -0.15) is 0 Å². The molecule has 0 saturated heterocycles. The number of unbranched alkanes of at least 4 members (excludes halogenated alkanes) is 3. The normalized spacial score (nSPS) is 12.1. The Hall–Kier alpha value is -1.31. The van der Waals surface area contributed by atoms with Crippen LogP contribution in [0.2, 0.25) is 0 Å². The van der Waals surface area contributed by atoms with E-state index in [1.54, 1.807) is 0 Å². The van der Waals surface area contributed by atoms with Gasteiger partial charge in [0.05, 0.1) is 6.61 Å². The maximum Gasteiger partial charge on any atom is 0.305 e. The van der Waals surface area contributed by atoms with Crippen molar-refractivity contribution in [2.75, 3.05) is 6.61 Å². The van der Waals surface area contributed by atoms with Crippen molar-refractivity contribution in [2.24, 2.45) is 0 Å². The van der Waals surface area contributed by atoms with Gasteiger partial charge in [-0.3, -0.25) is 4.79 Å². The maximum absolute atomic E-state index is 11.6. The number of carbonyl (C=O) groups excluding carboxylic acids is 1. The molecule has 19 heavy (non-hydrogen) atoms. The van der Waals surface area contributed by atoms with E-state index in [0.29, 0.717) is 18.9 Å². The molecule has 106 valence electrons. The van der Waals surface area contributed by atoms with Crippen LogP contribution in [0.25, 0.3) is 0 Å². The Morgan fingerprint density at radius 1 is 1.16 bits per heavy atom. The number of hydrogen-bond acceptors (Lipinski definition) is 2. The van der Waals surface area contributed by atoms with Crippen LogP contribution in [0, 0.1) is 0 Å². The van der Waals surface area contributed by atoms with Crippen molar-refractivity contribution in [1.29, 1.82) is 0 Å². The van der Waals surface area contributed by atoms with E-state index in [1.165, 1.54) is 18.4 Å². The monoisotopic (exact) mass is 262 g/mol. The number of benzene rings is 1. The molecule has 0 amide bonds. The average molecular weight is 262 g/mol. The van der Waals surface area contributed by atoms with E-state index in [2.05, 4.69) is 26.0 Å². The van der Waals surface area contributed by atoms with Crippen LogP contribution >= 0.6 is 0 Å². The SMILES string of the molecule is CCCCCCOC(=O)CCC(C)c1ccccc1. The number of carbonyl (C=O) groups is 1. The Morgan fingerprint density at radius 3 is 2.58 bits per heavy atom. The van der Waals surface area contributed by atoms with Gasteiger partial charge in [-0.05, 0) is 24.3 Å². The lowest BCUT2D eigenvalue weighted by atomic mass is 9.96.